The molecule has 1 N–H and O–H groups in total. The number of hydrogen-bond donors (Lipinski definition) is 1. The van der Waals surface area contributed by atoms with Gasteiger partial charge in [0, 0.05) is 42.1 Å². The number of benzene rings is 2. The molecule has 2 aromatic carbocycles. The van der Waals surface area contributed by atoms with E-state index in [2.05, 4.69) is 5.32 Å². The smallest absolute Gasteiger partial charge is 0.272 e. The quantitative estimate of drug-likeness (QED) is 0.845. The first kappa shape index (κ1) is 18.7. The average molecular weight is 396 g/mol. The molecule has 0 radical (unpaired) electrons. The molecule has 1 fully saturated rings. The summed E-state index contributed by atoms with van der Waals surface area (Å²) >= 11 is 6.00. The highest BCUT2D eigenvalue weighted by Gasteiger charge is 2.43. The number of nitrogens with zero attached hydrogens (tertiary/aromatic N) is 2. The van der Waals surface area contributed by atoms with E-state index in [0.29, 0.717) is 42.2 Å². The van der Waals surface area contributed by atoms with Crippen molar-refractivity contribution in [2.75, 3.05) is 13.1 Å². The first-order valence-electron chi connectivity index (χ1n) is 9.42. The molecular formula is C22H22ClN3O2. The van der Waals surface area contributed by atoms with Gasteiger partial charge in [-0.25, -0.2) is 0 Å². The summed E-state index contributed by atoms with van der Waals surface area (Å²) in [7, 11) is 0. The number of aliphatic imine (C=N–C) groups is 1. The van der Waals surface area contributed by atoms with E-state index in [9.17, 15) is 9.59 Å². The van der Waals surface area contributed by atoms with E-state index in [1.165, 1.54) is 5.56 Å². The minimum atomic E-state index is -0.615. The van der Waals surface area contributed by atoms with Crippen LogP contribution in [0, 0.1) is 13.8 Å². The van der Waals surface area contributed by atoms with Crippen LogP contribution < -0.4 is 5.32 Å². The third kappa shape index (κ3) is 3.42. The number of hydrogen-bond acceptors (Lipinski definition) is 3. The number of carbonyl (C=O) groups excluding carboxylic acids is 2. The molecule has 1 spiro atoms. The number of piperidine rings is 1. The van der Waals surface area contributed by atoms with Gasteiger partial charge in [-0.1, -0.05) is 29.8 Å². The van der Waals surface area contributed by atoms with Crippen molar-refractivity contribution in [2.24, 2.45) is 4.99 Å². The fraction of sp³-hybridized carbons (Fsp3) is 0.318. The third-order valence-electron chi connectivity index (χ3n) is 5.62. The van der Waals surface area contributed by atoms with Crippen LogP contribution in [0.3, 0.4) is 0 Å². The SMILES string of the molecule is Cc1ccc(C2=NC3(CCN(C(=O)c4cccc(Cl)c4)CC3)NC2=O)cc1C. The van der Waals surface area contributed by atoms with Crippen LogP contribution in [0.5, 0.6) is 0 Å². The molecule has 0 aromatic heterocycles. The second kappa shape index (κ2) is 7.06. The Kier molecular flexibility index (Phi) is 4.71. The van der Waals surface area contributed by atoms with Crippen LogP contribution in [0.2, 0.25) is 5.02 Å². The zero-order valence-electron chi connectivity index (χ0n) is 16.0. The van der Waals surface area contributed by atoms with Gasteiger partial charge in [0.25, 0.3) is 11.8 Å². The van der Waals surface area contributed by atoms with E-state index in [-0.39, 0.29) is 11.8 Å². The van der Waals surface area contributed by atoms with Gasteiger partial charge >= 0.3 is 0 Å². The highest BCUT2D eigenvalue weighted by Crippen LogP contribution is 2.30. The van der Waals surface area contributed by atoms with Gasteiger partial charge in [0.2, 0.25) is 0 Å². The number of likely N-dealkylation sites (tertiary alicyclic amines) is 1. The Morgan fingerprint density at radius 1 is 1.11 bits per heavy atom. The number of amides is 2. The lowest BCUT2D eigenvalue weighted by Crippen LogP contribution is -2.52. The van der Waals surface area contributed by atoms with Crippen LogP contribution in [0.4, 0.5) is 0 Å². The summed E-state index contributed by atoms with van der Waals surface area (Å²) in [5.74, 6) is -0.182. The van der Waals surface area contributed by atoms with Gasteiger partial charge < -0.3 is 10.2 Å². The maximum atomic E-state index is 12.7. The Morgan fingerprint density at radius 2 is 1.86 bits per heavy atom. The number of carbonyl (C=O) groups is 2. The van der Waals surface area contributed by atoms with Crippen molar-refractivity contribution in [1.29, 1.82) is 0 Å². The van der Waals surface area contributed by atoms with Gasteiger partial charge in [-0.2, -0.15) is 0 Å². The molecule has 0 aliphatic carbocycles. The van der Waals surface area contributed by atoms with Crippen LogP contribution in [0.15, 0.2) is 47.5 Å². The summed E-state index contributed by atoms with van der Waals surface area (Å²) < 4.78 is 0. The molecule has 0 bridgehead atoms. The summed E-state index contributed by atoms with van der Waals surface area (Å²) in [6.45, 7) is 5.15. The van der Waals surface area contributed by atoms with Gasteiger partial charge in [0.1, 0.15) is 11.4 Å². The Labute approximate surface area is 169 Å². The highest BCUT2D eigenvalue weighted by molar-refractivity contribution is 6.46. The maximum Gasteiger partial charge on any atom is 0.272 e. The number of rotatable bonds is 2. The molecule has 2 aliphatic heterocycles. The van der Waals surface area contributed by atoms with Crippen molar-refractivity contribution >= 4 is 29.1 Å². The van der Waals surface area contributed by atoms with Crippen LogP contribution in [-0.4, -0.2) is 41.2 Å². The summed E-state index contributed by atoms with van der Waals surface area (Å²) in [4.78, 5) is 31.9. The van der Waals surface area contributed by atoms with Crippen LogP contribution >= 0.6 is 11.6 Å². The zero-order valence-corrected chi connectivity index (χ0v) is 16.7. The van der Waals surface area contributed by atoms with Crippen molar-refractivity contribution in [2.45, 2.75) is 32.4 Å². The van der Waals surface area contributed by atoms with Gasteiger partial charge in [0.05, 0.1) is 0 Å². The molecule has 28 heavy (non-hydrogen) atoms. The monoisotopic (exact) mass is 395 g/mol. The average Bonchev–Trinajstić information content (AvgIpc) is 3.00. The normalized spacial score (nSPS) is 18.2. The number of aryl methyl sites for hydroxylation is 2. The summed E-state index contributed by atoms with van der Waals surface area (Å²) in [6.07, 6.45) is 1.19. The number of halogens is 1. The molecule has 2 amide bonds. The first-order valence-corrected chi connectivity index (χ1v) is 9.79. The maximum absolute atomic E-state index is 12.7. The van der Waals surface area contributed by atoms with Gasteiger partial charge in [0.15, 0.2) is 0 Å². The lowest BCUT2D eigenvalue weighted by Gasteiger charge is -2.37. The second-order valence-corrected chi connectivity index (χ2v) is 7.98. The van der Waals surface area contributed by atoms with E-state index in [0.717, 1.165) is 11.1 Å². The third-order valence-corrected chi connectivity index (χ3v) is 5.85. The molecule has 0 unspecified atom stereocenters. The highest BCUT2D eigenvalue weighted by atomic mass is 35.5. The minimum Gasteiger partial charge on any atom is -0.338 e. The van der Waals surface area contributed by atoms with Crippen molar-refractivity contribution in [1.82, 2.24) is 10.2 Å². The molecular weight excluding hydrogens is 374 g/mol. The predicted octanol–water partition coefficient (Wildman–Crippen LogP) is 3.51. The summed E-state index contributed by atoms with van der Waals surface area (Å²) in [5.41, 5.74) is 3.61. The lowest BCUT2D eigenvalue weighted by atomic mass is 9.97. The standard InChI is InChI=1S/C22H22ClN3O2/c1-14-6-7-16(12-15(14)2)19-20(27)25-22(24-19)8-10-26(11-9-22)21(28)17-4-3-5-18(23)13-17/h3-7,12-13H,8-11H2,1-2H3,(H,25,27). The number of nitrogens with one attached hydrogen (secondary N) is 1. The molecule has 2 aliphatic rings. The van der Waals surface area contributed by atoms with E-state index < -0.39 is 5.66 Å². The first-order chi connectivity index (χ1) is 13.4. The second-order valence-electron chi connectivity index (χ2n) is 7.55. The summed E-state index contributed by atoms with van der Waals surface area (Å²) in [6, 6.07) is 12.9. The molecule has 2 heterocycles. The minimum absolute atomic E-state index is 0.0416. The Balaban J connectivity index is 1.51. The van der Waals surface area contributed by atoms with Crippen molar-refractivity contribution < 1.29 is 9.59 Å². The van der Waals surface area contributed by atoms with Gasteiger partial charge in [-0.15, -0.1) is 0 Å². The van der Waals surface area contributed by atoms with E-state index in [1.807, 2.05) is 32.0 Å². The van der Waals surface area contributed by atoms with Crippen LogP contribution in [0.25, 0.3) is 0 Å². The van der Waals surface area contributed by atoms with Crippen molar-refractivity contribution in [3.05, 3.63) is 69.7 Å². The van der Waals surface area contributed by atoms with Crippen LogP contribution in [0.1, 0.15) is 39.9 Å². The van der Waals surface area contributed by atoms with E-state index in [4.69, 9.17) is 16.6 Å². The topological polar surface area (TPSA) is 61.8 Å². The molecule has 2 aromatic rings. The predicted molar refractivity (Wildman–Crippen MR) is 110 cm³/mol. The van der Waals surface area contributed by atoms with Crippen molar-refractivity contribution in [3.63, 3.8) is 0 Å². The molecule has 4 rings (SSSR count). The van der Waals surface area contributed by atoms with Gasteiger partial charge in [-0.05, 0) is 49.2 Å². The molecule has 0 atom stereocenters. The molecule has 144 valence electrons. The molecule has 0 saturated carbocycles. The molecule has 5 nitrogen and oxygen atoms in total. The Bertz CT molecular complexity index is 991. The van der Waals surface area contributed by atoms with Crippen molar-refractivity contribution in [3.8, 4) is 0 Å². The van der Waals surface area contributed by atoms with Crippen LogP contribution in [-0.2, 0) is 4.79 Å². The van der Waals surface area contributed by atoms with Gasteiger partial charge in [-0.3, -0.25) is 14.6 Å². The Hall–Kier alpha value is -2.66. The molecule has 6 heteroatoms. The van der Waals surface area contributed by atoms with E-state index in [1.54, 1.807) is 29.2 Å². The summed E-state index contributed by atoms with van der Waals surface area (Å²) in [5, 5.41) is 3.60. The Morgan fingerprint density at radius 3 is 2.54 bits per heavy atom. The zero-order chi connectivity index (χ0) is 19.9. The fourth-order valence-electron chi connectivity index (χ4n) is 3.77. The fourth-order valence-corrected chi connectivity index (χ4v) is 3.96. The molecule has 1 saturated heterocycles. The lowest BCUT2D eigenvalue weighted by molar-refractivity contribution is -0.115. The largest absolute Gasteiger partial charge is 0.338 e. The van der Waals surface area contributed by atoms with E-state index >= 15 is 0 Å².